The summed E-state index contributed by atoms with van der Waals surface area (Å²) < 4.78 is 5.88. The molecule has 108 valence electrons. The Labute approximate surface area is 134 Å². The van der Waals surface area contributed by atoms with E-state index in [4.69, 9.17) is 34.3 Å². The molecule has 2 aromatic carbocycles. The minimum atomic E-state index is 0.119. The van der Waals surface area contributed by atoms with Crippen molar-refractivity contribution in [3.8, 4) is 5.75 Å². The summed E-state index contributed by atoms with van der Waals surface area (Å²) in [6.07, 6.45) is 1.03. The summed E-state index contributed by atoms with van der Waals surface area (Å²) in [7, 11) is 0. The number of rotatable bonds is 4. The maximum atomic E-state index is 6.23. The lowest BCUT2D eigenvalue weighted by atomic mass is 10.1. The molecule has 21 heavy (non-hydrogen) atoms. The lowest BCUT2D eigenvalue weighted by Crippen LogP contribution is -2.24. The summed E-state index contributed by atoms with van der Waals surface area (Å²) in [5.74, 6) is 0.972. The third kappa shape index (κ3) is 3.12. The van der Waals surface area contributed by atoms with Gasteiger partial charge in [-0.05, 0) is 29.8 Å². The van der Waals surface area contributed by atoms with Gasteiger partial charge in [0.2, 0.25) is 0 Å². The number of thiocarbonyl (C=S) groups is 1. The fourth-order valence-corrected chi connectivity index (χ4v) is 2.78. The standard InChI is InChI=1S/C16H15ClN2OS/c17-13-8-11(16(18)21)5-6-14(13)19-9-12-7-10-3-1-2-4-15(10)20-12/h1-6,8,12,19H,7,9H2,(H2,18,21). The monoisotopic (exact) mass is 318 g/mol. The van der Waals surface area contributed by atoms with Crippen LogP contribution in [0.15, 0.2) is 42.5 Å². The predicted octanol–water partition coefficient (Wildman–Crippen LogP) is 3.39. The van der Waals surface area contributed by atoms with Crippen molar-refractivity contribution in [2.45, 2.75) is 12.5 Å². The first-order valence-corrected chi connectivity index (χ1v) is 7.50. The highest BCUT2D eigenvalue weighted by atomic mass is 35.5. The molecule has 0 saturated carbocycles. The van der Waals surface area contributed by atoms with Crippen molar-refractivity contribution in [1.29, 1.82) is 0 Å². The molecule has 0 aliphatic carbocycles. The molecule has 0 saturated heterocycles. The van der Waals surface area contributed by atoms with E-state index >= 15 is 0 Å². The first kappa shape index (κ1) is 14.2. The van der Waals surface area contributed by atoms with Gasteiger partial charge in [0.1, 0.15) is 16.8 Å². The topological polar surface area (TPSA) is 47.3 Å². The van der Waals surface area contributed by atoms with E-state index in [2.05, 4.69) is 11.4 Å². The van der Waals surface area contributed by atoms with Crippen LogP contribution in [-0.2, 0) is 6.42 Å². The van der Waals surface area contributed by atoms with E-state index < -0.39 is 0 Å². The van der Waals surface area contributed by atoms with Gasteiger partial charge >= 0.3 is 0 Å². The van der Waals surface area contributed by atoms with Crippen molar-refractivity contribution < 1.29 is 4.74 Å². The fourth-order valence-electron chi connectivity index (χ4n) is 2.40. The zero-order valence-corrected chi connectivity index (χ0v) is 12.9. The van der Waals surface area contributed by atoms with E-state index in [-0.39, 0.29) is 6.10 Å². The average Bonchev–Trinajstić information content (AvgIpc) is 2.88. The lowest BCUT2D eigenvalue weighted by molar-refractivity contribution is 0.246. The van der Waals surface area contributed by atoms with Gasteiger partial charge in [-0.3, -0.25) is 0 Å². The molecule has 3 N–H and O–H groups in total. The van der Waals surface area contributed by atoms with Gasteiger partial charge < -0.3 is 15.8 Å². The Morgan fingerprint density at radius 2 is 2.14 bits per heavy atom. The fraction of sp³-hybridized carbons (Fsp3) is 0.188. The molecule has 2 aromatic rings. The van der Waals surface area contributed by atoms with Gasteiger partial charge in [-0.15, -0.1) is 0 Å². The summed E-state index contributed by atoms with van der Waals surface area (Å²) in [6.45, 7) is 0.695. The number of benzene rings is 2. The number of hydrogen-bond donors (Lipinski definition) is 2. The molecule has 0 fully saturated rings. The molecule has 1 atom stereocenters. The molecule has 0 aromatic heterocycles. The number of para-hydroxylation sites is 1. The van der Waals surface area contributed by atoms with E-state index in [1.807, 2.05) is 30.3 Å². The minimum Gasteiger partial charge on any atom is -0.488 e. The highest BCUT2D eigenvalue weighted by Gasteiger charge is 2.22. The SMILES string of the molecule is NC(=S)c1ccc(NCC2Cc3ccccc3O2)c(Cl)c1. The van der Waals surface area contributed by atoms with Gasteiger partial charge in [-0.25, -0.2) is 0 Å². The second-order valence-electron chi connectivity index (χ2n) is 4.99. The normalized spacial score (nSPS) is 16.1. The third-order valence-corrected chi connectivity index (χ3v) is 4.04. The molecule has 1 aliphatic heterocycles. The second-order valence-corrected chi connectivity index (χ2v) is 5.84. The number of nitrogens with two attached hydrogens (primary N) is 1. The zero-order valence-electron chi connectivity index (χ0n) is 11.3. The first-order valence-electron chi connectivity index (χ1n) is 6.71. The molecule has 0 radical (unpaired) electrons. The number of fused-ring (bicyclic) bond motifs is 1. The van der Waals surface area contributed by atoms with Crippen molar-refractivity contribution >= 4 is 34.5 Å². The number of ether oxygens (including phenoxy) is 1. The maximum absolute atomic E-state index is 6.23. The van der Waals surface area contributed by atoms with Gasteiger partial charge in [0.25, 0.3) is 0 Å². The smallest absolute Gasteiger partial charge is 0.123 e. The van der Waals surface area contributed by atoms with Crippen LogP contribution >= 0.6 is 23.8 Å². The summed E-state index contributed by atoms with van der Waals surface area (Å²) in [5, 5.41) is 3.92. The van der Waals surface area contributed by atoms with Crippen molar-refractivity contribution in [2.24, 2.45) is 5.73 Å². The molecule has 0 bridgehead atoms. The van der Waals surface area contributed by atoms with Crippen LogP contribution in [0.4, 0.5) is 5.69 Å². The second kappa shape index (κ2) is 5.92. The molecule has 3 rings (SSSR count). The Morgan fingerprint density at radius 3 is 2.86 bits per heavy atom. The van der Waals surface area contributed by atoms with Crippen LogP contribution in [0.25, 0.3) is 0 Å². The Kier molecular flexibility index (Phi) is 3.99. The van der Waals surface area contributed by atoms with Crippen LogP contribution in [0.1, 0.15) is 11.1 Å². The maximum Gasteiger partial charge on any atom is 0.123 e. The van der Waals surface area contributed by atoms with E-state index in [0.717, 1.165) is 23.4 Å². The summed E-state index contributed by atoms with van der Waals surface area (Å²) >= 11 is 11.2. The molecular weight excluding hydrogens is 304 g/mol. The molecule has 1 heterocycles. The Hall–Kier alpha value is -1.78. The van der Waals surface area contributed by atoms with Crippen LogP contribution in [0.2, 0.25) is 5.02 Å². The average molecular weight is 319 g/mol. The van der Waals surface area contributed by atoms with Crippen LogP contribution in [0, 0.1) is 0 Å². The van der Waals surface area contributed by atoms with E-state index in [1.165, 1.54) is 5.56 Å². The van der Waals surface area contributed by atoms with E-state index in [0.29, 0.717) is 16.6 Å². The van der Waals surface area contributed by atoms with E-state index in [1.54, 1.807) is 6.07 Å². The van der Waals surface area contributed by atoms with Gasteiger partial charge in [0, 0.05) is 12.0 Å². The Balaban J connectivity index is 1.63. The molecule has 1 unspecified atom stereocenters. The van der Waals surface area contributed by atoms with Crippen LogP contribution in [0.3, 0.4) is 0 Å². The minimum absolute atomic E-state index is 0.119. The lowest BCUT2D eigenvalue weighted by Gasteiger charge is -2.14. The summed E-state index contributed by atoms with van der Waals surface area (Å²) in [5.41, 5.74) is 8.46. The largest absolute Gasteiger partial charge is 0.488 e. The third-order valence-electron chi connectivity index (χ3n) is 3.49. The molecule has 5 heteroatoms. The van der Waals surface area contributed by atoms with Crippen LogP contribution < -0.4 is 15.8 Å². The highest BCUT2D eigenvalue weighted by Crippen LogP contribution is 2.29. The number of hydrogen-bond acceptors (Lipinski definition) is 3. The van der Waals surface area contributed by atoms with Gasteiger partial charge in [0.15, 0.2) is 0 Å². The molecule has 1 aliphatic rings. The zero-order chi connectivity index (χ0) is 14.8. The van der Waals surface area contributed by atoms with Gasteiger partial charge in [-0.2, -0.15) is 0 Å². The molecular formula is C16H15ClN2OS. The van der Waals surface area contributed by atoms with Crippen molar-refractivity contribution in [1.82, 2.24) is 0 Å². The highest BCUT2D eigenvalue weighted by molar-refractivity contribution is 7.80. The first-order chi connectivity index (χ1) is 10.1. The molecule has 0 spiro atoms. The number of anilines is 1. The van der Waals surface area contributed by atoms with Crippen molar-refractivity contribution in [3.63, 3.8) is 0 Å². The summed E-state index contributed by atoms with van der Waals surface area (Å²) in [6, 6.07) is 13.6. The van der Waals surface area contributed by atoms with Crippen molar-refractivity contribution in [3.05, 3.63) is 58.6 Å². The molecule has 3 nitrogen and oxygen atoms in total. The quantitative estimate of drug-likeness (QED) is 0.848. The van der Waals surface area contributed by atoms with E-state index in [9.17, 15) is 0 Å². The van der Waals surface area contributed by atoms with Crippen LogP contribution in [0.5, 0.6) is 5.75 Å². The van der Waals surface area contributed by atoms with Crippen LogP contribution in [-0.4, -0.2) is 17.6 Å². The number of halogens is 1. The Bertz CT molecular complexity index is 665. The predicted molar refractivity (Wildman–Crippen MR) is 90.4 cm³/mol. The number of nitrogens with one attached hydrogen (secondary N) is 1. The van der Waals surface area contributed by atoms with Gasteiger partial charge in [0.05, 0.1) is 17.3 Å². The summed E-state index contributed by atoms with van der Waals surface area (Å²) in [4.78, 5) is 0.345. The van der Waals surface area contributed by atoms with Crippen molar-refractivity contribution in [2.75, 3.05) is 11.9 Å². The Morgan fingerprint density at radius 1 is 1.33 bits per heavy atom. The molecule has 0 amide bonds. The van der Waals surface area contributed by atoms with Gasteiger partial charge in [-0.1, -0.05) is 42.0 Å².